The standard InChI is InChI=1S/C21H17N3O5/c1-9(2)24-20-17(21(28)23-24)16(10-3-6-13(26)14(27)7-10)19-18(22-20)12-5-4-11(25)8-15(12)29-19/h3-9,22,26-27H,1-2H3,(H,23,28). The molecule has 0 radical (unpaired) electrons. The van der Waals surface area contributed by atoms with Crippen molar-refractivity contribution in [3.05, 3.63) is 57.0 Å². The number of hydrogen-bond donors (Lipinski definition) is 4. The molecule has 8 heteroatoms. The van der Waals surface area contributed by atoms with Crippen LogP contribution < -0.4 is 11.0 Å². The molecule has 0 saturated carbocycles. The summed E-state index contributed by atoms with van der Waals surface area (Å²) in [6, 6.07) is 8.82. The normalized spacial score (nSPS) is 12.0. The number of fused-ring (bicyclic) bond motifs is 4. The van der Waals surface area contributed by atoms with Gasteiger partial charge in [-0.25, -0.2) is 0 Å². The Morgan fingerprint density at radius 1 is 1.03 bits per heavy atom. The Kier molecular flexibility index (Phi) is 3.42. The number of hydrogen-bond acceptors (Lipinski definition) is 5. The number of furan rings is 1. The Morgan fingerprint density at radius 3 is 2.55 bits per heavy atom. The van der Waals surface area contributed by atoms with Crippen molar-refractivity contribution in [1.29, 1.82) is 0 Å². The van der Waals surface area contributed by atoms with E-state index in [0.29, 0.717) is 44.2 Å². The molecule has 0 bridgehead atoms. The molecule has 29 heavy (non-hydrogen) atoms. The van der Waals surface area contributed by atoms with Crippen LogP contribution in [0.5, 0.6) is 11.5 Å². The summed E-state index contributed by atoms with van der Waals surface area (Å²) in [5, 5.41) is 23.6. The maximum Gasteiger partial charge on any atom is 0.274 e. The van der Waals surface area contributed by atoms with Gasteiger partial charge >= 0.3 is 0 Å². The summed E-state index contributed by atoms with van der Waals surface area (Å²) in [6.07, 6.45) is 0. The molecule has 0 aliphatic rings. The first-order chi connectivity index (χ1) is 13.8. The summed E-state index contributed by atoms with van der Waals surface area (Å²) in [5.41, 5.74) is 2.43. The molecule has 4 N–H and O–H groups in total. The molecule has 3 aromatic heterocycles. The van der Waals surface area contributed by atoms with Crippen LogP contribution in [-0.2, 0) is 0 Å². The van der Waals surface area contributed by atoms with E-state index in [1.807, 2.05) is 13.8 Å². The molecule has 3 heterocycles. The molecular weight excluding hydrogens is 374 g/mol. The second-order valence-electron chi connectivity index (χ2n) is 7.30. The molecule has 0 saturated heterocycles. The molecule has 0 unspecified atom stereocenters. The van der Waals surface area contributed by atoms with E-state index in [1.165, 1.54) is 24.3 Å². The number of aromatic nitrogens is 3. The molecule has 5 aromatic rings. The average Bonchev–Trinajstić information content (AvgIpc) is 3.19. The lowest BCUT2D eigenvalue weighted by molar-refractivity contribution is 0.404. The first-order valence-corrected chi connectivity index (χ1v) is 9.10. The quantitative estimate of drug-likeness (QED) is 0.342. The van der Waals surface area contributed by atoms with Crippen molar-refractivity contribution in [3.63, 3.8) is 0 Å². The van der Waals surface area contributed by atoms with Gasteiger partial charge in [0.25, 0.3) is 5.56 Å². The third-order valence-corrected chi connectivity index (χ3v) is 5.09. The minimum Gasteiger partial charge on any atom is -0.504 e. The lowest BCUT2D eigenvalue weighted by atomic mass is 10.0. The third-order valence-electron chi connectivity index (χ3n) is 5.09. The number of aromatic hydroxyl groups is 2. The number of H-pyrrole nitrogens is 2. The molecule has 0 aliphatic heterocycles. The molecule has 0 amide bonds. The second kappa shape index (κ2) is 5.78. The van der Waals surface area contributed by atoms with Gasteiger partial charge in [0.15, 0.2) is 22.5 Å². The number of rotatable bonds is 2. The van der Waals surface area contributed by atoms with Gasteiger partial charge in [0, 0.05) is 23.1 Å². The fourth-order valence-corrected chi connectivity index (χ4v) is 3.75. The minimum atomic E-state index is -0.320. The Hall–Kier alpha value is -3.94. The van der Waals surface area contributed by atoms with Crippen molar-refractivity contribution in [1.82, 2.24) is 14.8 Å². The summed E-state index contributed by atoms with van der Waals surface area (Å²) in [4.78, 5) is 27.9. The van der Waals surface area contributed by atoms with Crippen LogP contribution in [-0.4, -0.2) is 25.0 Å². The van der Waals surface area contributed by atoms with Crippen LogP contribution >= 0.6 is 0 Å². The average molecular weight is 391 g/mol. The summed E-state index contributed by atoms with van der Waals surface area (Å²) in [7, 11) is 0. The van der Waals surface area contributed by atoms with E-state index in [2.05, 4.69) is 10.1 Å². The highest BCUT2D eigenvalue weighted by molar-refractivity contribution is 6.14. The number of nitrogens with one attached hydrogen (secondary N) is 2. The number of nitrogens with zero attached hydrogens (tertiary/aromatic N) is 1. The van der Waals surface area contributed by atoms with Crippen LogP contribution in [0.15, 0.2) is 50.4 Å². The van der Waals surface area contributed by atoms with Crippen molar-refractivity contribution in [2.75, 3.05) is 0 Å². The molecule has 0 aliphatic carbocycles. The molecule has 0 atom stereocenters. The van der Waals surface area contributed by atoms with Crippen molar-refractivity contribution in [3.8, 4) is 22.6 Å². The fourth-order valence-electron chi connectivity index (χ4n) is 3.75. The Morgan fingerprint density at radius 2 is 1.83 bits per heavy atom. The molecule has 0 spiro atoms. The Balaban J connectivity index is 2.05. The SMILES string of the molecule is CC(C)n1[nH]c(=O)c2c(-c3ccc(O)c(O)c3)c3oc4cc(=O)ccc4c3[nH]c21. The molecule has 5 rings (SSSR count). The van der Waals surface area contributed by atoms with Crippen LogP contribution in [0.4, 0.5) is 0 Å². The van der Waals surface area contributed by atoms with Gasteiger partial charge in [-0.05, 0) is 43.7 Å². The lowest BCUT2D eigenvalue weighted by Gasteiger charge is -2.10. The van der Waals surface area contributed by atoms with Crippen molar-refractivity contribution < 1.29 is 14.6 Å². The lowest BCUT2D eigenvalue weighted by Crippen LogP contribution is -2.07. The van der Waals surface area contributed by atoms with E-state index >= 15 is 0 Å². The molecule has 146 valence electrons. The van der Waals surface area contributed by atoms with Gasteiger partial charge in [-0.2, -0.15) is 0 Å². The zero-order valence-corrected chi connectivity index (χ0v) is 15.6. The van der Waals surface area contributed by atoms with Gasteiger partial charge in [-0.3, -0.25) is 19.4 Å². The molecular formula is C21H17N3O5. The third kappa shape index (κ3) is 2.39. The highest BCUT2D eigenvalue weighted by atomic mass is 16.3. The Bertz CT molecular complexity index is 1550. The van der Waals surface area contributed by atoms with Gasteiger partial charge < -0.3 is 19.6 Å². The van der Waals surface area contributed by atoms with Gasteiger partial charge in [-0.15, -0.1) is 0 Å². The summed E-state index contributed by atoms with van der Waals surface area (Å²) in [6.45, 7) is 3.88. The largest absolute Gasteiger partial charge is 0.504 e. The van der Waals surface area contributed by atoms with Crippen LogP contribution in [0.1, 0.15) is 19.9 Å². The topological polar surface area (TPSA) is 124 Å². The van der Waals surface area contributed by atoms with Crippen LogP contribution in [0.2, 0.25) is 0 Å². The maximum absolute atomic E-state index is 12.9. The highest BCUT2D eigenvalue weighted by Gasteiger charge is 2.23. The van der Waals surface area contributed by atoms with E-state index in [1.54, 1.807) is 16.8 Å². The van der Waals surface area contributed by atoms with E-state index in [-0.39, 0.29) is 28.5 Å². The fraction of sp³-hybridized carbons (Fsp3) is 0.143. The number of pyridine rings is 1. The van der Waals surface area contributed by atoms with Crippen LogP contribution in [0.3, 0.4) is 0 Å². The smallest absolute Gasteiger partial charge is 0.274 e. The van der Waals surface area contributed by atoms with E-state index < -0.39 is 0 Å². The number of phenolic OH excluding ortho intramolecular Hbond substituents is 2. The number of benzene rings is 2. The van der Waals surface area contributed by atoms with Crippen molar-refractivity contribution in [2.24, 2.45) is 0 Å². The molecule has 0 fully saturated rings. The summed E-state index contributed by atoms with van der Waals surface area (Å²) < 4.78 is 7.71. The van der Waals surface area contributed by atoms with Gasteiger partial charge in [0.05, 0.1) is 10.9 Å². The Labute approximate surface area is 162 Å². The van der Waals surface area contributed by atoms with E-state index in [4.69, 9.17) is 4.42 Å². The molecule has 8 nitrogen and oxygen atoms in total. The van der Waals surface area contributed by atoms with Crippen molar-refractivity contribution in [2.45, 2.75) is 19.9 Å². The predicted molar refractivity (Wildman–Crippen MR) is 110 cm³/mol. The zero-order chi connectivity index (χ0) is 20.4. The second-order valence-corrected chi connectivity index (χ2v) is 7.30. The van der Waals surface area contributed by atoms with E-state index in [9.17, 15) is 19.8 Å². The van der Waals surface area contributed by atoms with Crippen LogP contribution in [0, 0.1) is 0 Å². The predicted octanol–water partition coefficient (Wildman–Crippen LogP) is 3.58. The summed E-state index contributed by atoms with van der Waals surface area (Å²) in [5.74, 6) is -0.577. The first-order valence-electron chi connectivity index (χ1n) is 9.10. The van der Waals surface area contributed by atoms with Crippen LogP contribution in [0.25, 0.3) is 44.2 Å². The minimum absolute atomic E-state index is 0.0265. The summed E-state index contributed by atoms with van der Waals surface area (Å²) >= 11 is 0. The van der Waals surface area contributed by atoms with Gasteiger partial charge in [-0.1, -0.05) is 6.07 Å². The molecule has 2 aromatic carbocycles. The number of phenols is 2. The maximum atomic E-state index is 12.9. The van der Waals surface area contributed by atoms with Crippen molar-refractivity contribution >= 4 is 33.1 Å². The number of aromatic amines is 2. The van der Waals surface area contributed by atoms with Gasteiger partial charge in [0.1, 0.15) is 11.2 Å². The monoisotopic (exact) mass is 391 g/mol. The zero-order valence-electron chi connectivity index (χ0n) is 15.6. The first kappa shape index (κ1) is 17.2. The van der Waals surface area contributed by atoms with Gasteiger partial charge in [0.2, 0.25) is 0 Å². The van der Waals surface area contributed by atoms with E-state index in [0.717, 1.165) is 0 Å². The highest BCUT2D eigenvalue weighted by Crippen LogP contribution is 2.40.